The zero-order valence-corrected chi connectivity index (χ0v) is 14.8. The van der Waals surface area contributed by atoms with Crippen LogP contribution in [-0.4, -0.2) is 23.0 Å². The summed E-state index contributed by atoms with van der Waals surface area (Å²) in [5.41, 5.74) is 0. The highest BCUT2D eigenvalue weighted by atomic mass is 127. The second-order valence-corrected chi connectivity index (χ2v) is 6.97. The van der Waals surface area contributed by atoms with E-state index in [2.05, 4.69) is 22.6 Å². The minimum atomic E-state index is -4.33. The molecule has 0 unspecified atom stereocenters. The molecule has 0 bridgehead atoms. The van der Waals surface area contributed by atoms with Crippen LogP contribution in [0, 0.1) is 0 Å². The molecule has 0 aliphatic rings. The minimum absolute atomic E-state index is 0.282. The van der Waals surface area contributed by atoms with Crippen LogP contribution in [0.2, 0.25) is 0 Å². The first kappa shape index (κ1) is 17.7. The third kappa shape index (κ3) is 5.22. The fourth-order valence-corrected chi connectivity index (χ4v) is 3.64. The highest BCUT2D eigenvalue weighted by Gasteiger charge is 2.28. The molecule has 0 spiro atoms. The van der Waals surface area contributed by atoms with Gasteiger partial charge in [-0.05, 0) is 40.5 Å². The van der Waals surface area contributed by atoms with Gasteiger partial charge in [0, 0.05) is 10.3 Å². The Labute approximate surface area is 145 Å². The molecule has 0 radical (unpaired) electrons. The van der Waals surface area contributed by atoms with Gasteiger partial charge in [0.15, 0.2) is 6.61 Å². The molecule has 0 fully saturated rings. The largest absolute Gasteiger partial charge is 0.483 e. The van der Waals surface area contributed by atoms with Gasteiger partial charge in [-0.1, -0.05) is 46.9 Å². The highest BCUT2D eigenvalue weighted by Crippen LogP contribution is 2.35. The fourth-order valence-electron chi connectivity index (χ4n) is 2.03. The highest BCUT2D eigenvalue weighted by molar-refractivity contribution is 14.1. The van der Waals surface area contributed by atoms with E-state index in [0.717, 1.165) is 32.3 Å². The number of hydrogen-bond acceptors (Lipinski definition) is 2. The van der Waals surface area contributed by atoms with Crippen LogP contribution in [0.3, 0.4) is 0 Å². The predicted molar refractivity (Wildman–Crippen MR) is 94.3 cm³/mol. The van der Waals surface area contributed by atoms with Crippen LogP contribution in [0.5, 0.6) is 5.75 Å². The maximum Gasteiger partial charge on any atom is 0.422 e. The molecule has 0 amide bonds. The molecule has 2 rings (SSSR count). The van der Waals surface area contributed by atoms with E-state index in [0.29, 0.717) is 0 Å². The first-order valence-electron chi connectivity index (χ1n) is 6.91. The lowest BCUT2D eigenvalue weighted by atomic mass is 10.1. The van der Waals surface area contributed by atoms with Crippen molar-refractivity contribution in [3.05, 3.63) is 36.4 Å². The van der Waals surface area contributed by atoms with Gasteiger partial charge in [0.25, 0.3) is 0 Å². The van der Waals surface area contributed by atoms with E-state index < -0.39 is 12.8 Å². The molecule has 2 aromatic rings. The third-order valence-electron chi connectivity index (χ3n) is 3.02. The average molecular weight is 440 g/mol. The maximum atomic E-state index is 12.3. The Kier molecular flexibility index (Phi) is 6.67. The number of rotatable bonds is 7. The van der Waals surface area contributed by atoms with Crippen molar-refractivity contribution in [3.8, 4) is 5.75 Å². The van der Waals surface area contributed by atoms with Gasteiger partial charge in [0.05, 0.1) is 0 Å². The minimum Gasteiger partial charge on any atom is -0.483 e. The topological polar surface area (TPSA) is 9.23 Å². The van der Waals surface area contributed by atoms with Crippen molar-refractivity contribution in [2.45, 2.75) is 23.9 Å². The zero-order valence-electron chi connectivity index (χ0n) is 11.8. The van der Waals surface area contributed by atoms with Crippen LogP contribution in [0.15, 0.2) is 41.3 Å². The average Bonchev–Trinajstić information content (AvgIpc) is 2.49. The van der Waals surface area contributed by atoms with Crippen LogP contribution in [0.1, 0.15) is 12.8 Å². The van der Waals surface area contributed by atoms with Gasteiger partial charge in [-0.15, -0.1) is 11.8 Å². The molecule has 0 heterocycles. The van der Waals surface area contributed by atoms with Gasteiger partial charge >= 0.3 is 6.18 Å². The van der Waals surface area contributed by atoms with Crippen molar-refractivity contribution in [2.24, 2.45) is 0 Å². The molecule has 0 aliphatic heterocycles. The number of unbranched alkanes of at least 4 members (excludes halogenated alkanes) is 1. The first-order valence-corrected chi connectivity index (χ1v) is 9.42. The van der Waals surface area contributed by atoms with E-state index in [1.807, 2.05) is 24.3 Å². The lowest BCUT2D eigenvalue weighted by Gasteiger charge is -2.13. The van der Waals surface area contributed by atoms with Crippen LogP contribution in [0.4, 0.5) is 13.2 Å². The van der Waals surface area contributed by atoms with E-state index in [1.54, 1.807) is 23.9 Å². The lowest BCUT2D eigenvalue weighted by molar-refractivity contribution is -0.153. The molecule has 0 aromatic heterocycles. The predicted octanol–water partition coefficient (Wildman–Crippen LogP) is 6.09. The van der Waals surface area contributed by atoms with Crippen molar-refractivity contribution in [1.82, 2.24) is 0 Å². The van der Waals surface area contributed by atoms with Gasteiger partial charge in [-0.2, -0.15) is 13.2 Å². The van der Waals surface area contributed by atoms with Gasteiger partial charge in [-0.25, -0.2) is 0 Å². The van der Waals surface area contributed by atoms with E-state index in [1.165, 1.54) is 6.42 Å². The summed E-state index contributed by atoms with van der Waals surface area (Å²) in [6, 6.07) is 10.9. The Hall–Kier alpha value is -0.630. The number of ether oxygens (including phenoxy) is 1. The molecular weight excluding hydrogens is 424 g/mol. The second kappa shape index (κ2) is 8.29. The van der Waals surface area contributed by atoms with Crippen LogP contribution in [0.25, 0.3) is 10.8 Å². The number of alkyl halides is 4. The van der Waals surface area contributed by atoms with E-state index in [9.17, 15) is 13.2 Å². The van der Waals surface area contributed by atoms with Crippen molar-refractivity contribution < 1.29 is 17.9 Å². The van der Waals surface area contributed by atoms with Crippen molar-refractivity contribution in [3.63, 3.8) is 0 Å². The Morgan fingerprint density at radius 3 is 2.41 bits per heavy atom. The monoisotopic (exact) mass is 440 g/mol. The Morgan fingerprint density at radius 2 is 1.73 bits per heavy atom. The molecule has 0 aliphatic carbocycles. The molecule has 0 N–H and O–H groups in total. The molecule has 1 nitrogen and oxygen atoms in total. The summed E-state index contributed by atoms with van der Waals surface area (Å²) < 4.78 is 43.1. The fraction of sp³-hybridized carbons (Fsp3) is 0.375. The van der Waals surface area contributed by atoms with E-state index >= 15 is 0 Å². The normalized spacial score (nSPS) is 11.8. The maximum absolute atomic E-state index is 12.3. The summed E-state index contributed by atoms with van der Waals surface area (Å²) in [7, 11) is 0. The smallest absolute Gasteiger partial charge is 0.422 e. The molecule has 0 atom stereocenters. The van der Waals surface area contributed by atoms with Crippen LogP contribution >= 0.6 is 34.4 Å². The number of thioether (sulfide) groups is 1. The van der Waals surface area contributed by atoms with E-state index in [4.69, 9.17) is 4.74 Å². The van der Waals surface area contributed by atoms with Crippen LogP contribution in [-0.2, 0) is 0 Å². The van der Waals surface area contributed by atoms with Crippen LogP contribution < -0.4 is 4.74 Å². The van der Waals surface area contributed by atoms with Crippen molar-refractivity contribution in [2.75, 3.05) is 16.8 Å². The summed E-state index contributed by atoms with van der Waals surface area (Å²) in [6.45, 7) is -1.26. The lowest BCUT2D eigenvalue weighted by Crippen LogP contribution is -2.19. The standard InChI is InChI=1S/C16H16F3IOS/c17-16(18,19)11-21-14-7-8-15(22-10-4-3-9-20)13-6-2-1-5-12(13)14/h1-2,5-8H,3-4,9-11H2. The number of halogens is 4. The van der Waals surface area contributed by atoms with Gasteiger partial charge in [0.2, 0.25) is 0 Å². The van der Waals surface area contributed by atoms with Gasteiger partial charge in [0.1, 0.15) is 5.75 Å². The molecular formula is C16H16F3IOS. The summed E-state index contributed by atoms with van der Waals surface area (Å²) >= 11 is 4.10. The summed E-state index contributed by atoms with van der Waals surface area (Å²) in [5.74, 6) is 1.29. The molecule has 22 heavy (non-hydrogen) atoms. The molecule has 120 valence electrons. The number of fused-ring (bicyclic) bond motifs is 1. The Morgan fingerprint density at radius 1 is 1.00 bits per heavy atom. The quantitative estimate of drug-likeness (QED) is 0.223. The SMILES string of the molecule is FC(F)(F)COc1ccc(SCCCCI)c2ccccc12. The molecule has 6 heteroatoms. The van der Waals surface area contributed by atoms with Crippen molar-refractivity contribution >= 4 is 45.1 Å². The Balaban J connectivity index is 2.19. The second-order valence-electron chi connectivity index (χ2n) is 4.76. The zero-order chi connectivity index (χ0) is 16.0. The number of benzene rings is 2. The van der Waals surface area contributed by atoms with E-state index in [-0.39, 0.29) is 5.75 Å². The summed E-state index contributed by atoms with van der Waals surface area (Å²) in [4.78, 5) is 1.09. The summed E-state index contributed by atoms with van der Waals surface area (Å²) in [5, 5.41) is 1.67. The number of hydrogen-bond donors (Lipinski definition) is 0. The first-order chi connectivity index (χ1) is 10.5. The van der Waals surface area contributed by atoms with Gasteiger partial charge in [-0.3, -0.25) is 0 Å². The molecule has 0 saturated carbocycles. The summed E-state index contributed by atoms with van der Waals surface area (Å²) in [6.07, 6.45) is -2.01. The molecule has 2 aromatic carbocycles. The van der Waals surface area contributed by atoms with Gasteiger partial charge < -0.3 is 4.74 Å². The molecule has 0 saturated heterocycles. The van der Waals surface area contributed by atoms with Crippen molar-refractivity contribution in [1.29, 1.82) is 0 Å². The third-order valence-corrected chi connectivity index (χ3v) is 4.94. The Bertz CT molecular complexity index is 616.